The van der Waals surface area contributed by atoms with E-state index in [0.717, 1.165) is 29.7 Å². The Morgan fingerprint density at radius 1 is 1.43 bits per heavy atom. The fraction of sp³-hybridized carbons (Fsp3) is 0.364. The lowest BCUT2D eigenvalue weighted by Crippen LogP contribution is -2.02. The number of benzene rings is 1. The molecule has 0 saturated heterocycles. The molecule has 2 aromatic rings. The van der Waals surface area contributed by atoms with Crippen LogP contribution in [0.2, 0.25) is 0 Å². The van der Waals surface area contributed by atoms with Crippen LogP contribution in [-0.4, -0.2) is 15.3 Å². The lowest BCUT2D eigenvalue weighted by molar-refractivity contribution is 0.774. The SMILES string of the molecule is CCC(Cl)Cc1nc2ccccc2[nH]1. The molecule has 0 spiro atoms. The quantitative estimate of drug-likeness (QED) is 0.772. The Morgan fingerprint density at radius 3 is 2.93 bits per heavy atom. The topological polar surface area (TPSA) is 28.7 Å². The molecule has 1 unspecified atom stereocenters. The lowest BCUT2D eigenvalue weighted by atomic mass is 10.2. The Morgan fingerprint density at radius 2 is 2.21 bits per heavy atom. The Balaban J connectivity index is 2.27. The average Bonchev–Trinajstić information content (AvgIpc) is 2.59. The van der Waals surface area contributed by atoms with Crippen LogP contribution >= 0.6 is 11.6 Å². The number of rotatable bonds is 3. The number of hydrogen-bond donors (Lipinski definition) is 1. The Bertz CT molecular complexity index is 389. The zero-order chi connectivity index (χ0) is 9.97. The third-order valence-corrected chi connectivity index (χ3v) is 2.76. The van der Waals surface area contributed by atoms with E-state index in [4.69, 9.17) is 11.6 Å². The normalized spacial score (nSPS) is 13.3. The van der Waals surface area contributed by atoms with Crippen molar-refractivity contribution in [1.82, 2.24) is 9.97 Å². The van der Waals surface area contributed by atoms with Crippen LogP contribution < -0.4 is 0 Å². The largest absolute Gasteiger partial charge is 0.342 e. The maximum atomic E-state index is 6.07. The van der Waals surface area contributed by atoms with E-state index >= 15 is 0 Å². The van der Waals surface area contributed by atoms with Crippen LogP contribution in [0.3, 0.4) is 0 Å². The van der Waals surface area contributed by atoms with Gasteiger partial charge >= 0.3 is 0 Å². The van der Waals surface area contributed by atoms with Crippen molar-refractivity contribution in [3.63, 3.8) is 0 Å². The molecule has 0 bridgehead atoms. The smallest absolute Gasteiger partial charge is 0.108 e. The number of nitrogens with zero attached hydrogens (tertiary/aromatic N) is 1. The molecular formula is C11H13ClN2. The Hall–Kier alpha value is -1.02. The fourth-order valence-electron chi connectivity index (χ4n) is 1.46. The van der Waals surface area contributed by atoms with Gasteiger partial charge in [0.15, 0.2) is 0 Å². The number of aromatic amines is 1. The standard InChI is InChI=1S/C11H13ClN2/c1-2-8(12)7-11-13-9-5-3-4-6-10(9)14-11/h3-6,8H,2,7H2,1H3,(H,13,14). The average molecular weight is 209 g/mol. The highest BCUT2D eigenvalue weighted by Gasteiger charge is 2.07. The first-order valence-electron chi connectivity index (χ1n) is 4.87. The van der Waals surface area contributed by atoms with Crippen molar-refractivity contribution in [1.29, 1.82) is 0 Å². The van der Waals surface area contributed by atoms with Gasteiger partial charge < -0.3 is 4.98 Å². The van der Waals surface area contributed by atoms with Crippen LogP contribution in [0, 0.1) is 0 Å². The van der Waals surface area contributed by atoms with Gasteiger partial charge in [-0.25, -0.2) is 4.98 Å². The Labute approximate surface area is 88.3 Å². The van der Waals surface area contributed by atoms with Gasteiger partial charge in [0.05, 0.1) is 11.0 Å². The van der Waals surface area contributed by atoms with Crippen molar-refractivity contribution in [2.75, 3.05) is 0 Å². The van der Waals surface area contributed by atoms with Crippen molar-refractivity contribution in [2.45, 2.75) is 25.1 Å². The van der Waals surface area contributed by atoms with Gasteiger partial charge in [0.25, 0.3) is 0 Å². The van der Waals surface area contributed by atoms with Crippen molar-refractivity contribution in [3.05, 3.63) is 30.1 Å². The third-order valence-electron chi connectivity index (χ3n) is 2.30. The molecular weight excluding hydrogens is 196 g/mol. The fourth-order valence-corrected chi connectivity index (χ4v) is 1.60. The molecule has 1 aromatic carbocycles. The summed E-state index contributed by atoms with van der Waals surface area (Å²) in [6, 6.07) is 8.03. The summed E-state index contributed by atoms with van der Waals surface area (Å²) in [5.41, 5.74) is 2.10. The van der Waals surface area contributed by atoms with Crippen molar-refractivity contribution in [3.8, 4) is 0 Å². The first-order valence-corrected chi connectivity index (χ1v) is 5.31. The number of halogens is 1. The maximum Gasteiger partial charge on any atom is 0.108 e. The van der Waals surface area contributed by atoms with Gasteiger partial charge in [0.2, 0.25) is 0 Å². The minimum atomic E-state index is 0.176. The second-order valence-corrected chi connectivity index (χ2v) is 4.03. The zero-order valence-corrected chi connectivity index (χ0v) is 8.88. The van der Waals surface area contributed by atoms with Crippen LogP contribution in [0.5, 0.6) is 0 Å². The summed E-state index contributed by atoms with van der Waals surface area (Å²) in [7, 11) is 0. The van der Waals surface area contributed by atoms with Crippen LogP contribution in [0.4, 0.5) is 0 Å². The van der Waals surface area contributed by atoms with Gasteiger partial charge in [-0.05, 0) is 18.6 Å². The predicted molar refractivity (Wildman–Crippen MR) is 59.7 cm³/mol. The lowest BCUT2D eigenvalue weighted by Gasteiger charge is -2.01. The Kier molecular flexibility index (Phi) is 2.73. The molecule has 0 aliphatic heterocycles. The molecule has 2 rings (SSSR count). The van der Waals surface area contributed by atoms with Crippen LogP contribution in [0.1, 0.15) is 19.2 Å². The highest BCUT2D eigenvalue weighted by Crippen LogP contribution is 2.14. The van der Waals surface area contributed by atoms with Gasteiger partial charge in [0.1, 0.15) is 5.82 Å². The van der Waals surface area contributed by atoms with Gasteiger partial charge in [-0.3, -0.25) is 0 Å². The van der Waals surface area contributed by atoms with E-state index < -0.39 is 0 Å². The van der Waals surface area contributed by atoms with Gasteiger partial charge in [-0.1, -0.05) is 19.1 Å². The van der Waals surface area contributed by atoms with Crippen molar-refractivity contribution >= 4 is 22.6 Å². The molecule has 1 heterocycles. The molecule has 0 saturated carbocycles. The molecule has 1 N–H and O–H groups in total. The molecule has 14 heavy (non-hydrogen) atoms. The van der Waals surface area contributed by atoms with Crippen LogP contribution in [-0.2, 0) is 6.42 Å². The summed E-state index contributed by atoms with van der Waals surface area (Å²) in [4.78, 5) is 7.73. The predicted octanol–water partition coefficient (Wildman–Crippen LogP) is 3.12. The third kappa shape index (κ3) is 1.90. The summed E-state index contributed by atoms with van der Waals surface area (Å²) in [5, 5.41) is 0.176. The van der Waals surface area contributed by atoms with E-state index in [-0.39, 0.29) is 5.38 Å². The number of fused-ring (bicyclic) bond motifs is 1. The molecule has 0 aliphatic rings. The van der Waals surface area contributed by atoms with E-state index in [1.807, 2.05) is 24.3 Å². The maximum absolute atomic E-state index is 6.07. The molecule has 1 atom stereocenters. The van der Waals surface area contributed by atoms with E-state index in [0.29, 0.717) is 0 Å². The monoisotopic (exact) mass is 208 g/mol. The van der Waals surface area contributed by atoms with Crippen molar-refractivity contribution in [2.24, 2.45) is 0 Å². The molecule has 2 nitrogen and oxygen atoms in total. The van der Waals surface area contributed by atoms with Crippen LogP contribution in [0.15, 0.2) is 24.3 Å². The second kappa shape index (κ2) is 4.01. The summed E-state index contributed by atoms with van der Waals surface area (Å²) in [6.07, 6.45) is 1.78. The number of imidazole rings is 1. The minimum Gasteiger partial charge on any atom is -0.342 e. The van der Waals surface area contributed by atoms with Gasteiger partial charge in [-0.2, -0.15) is 0 Å². The molecule has 0 aliphatic carbocycles. The van der Waals surface area contributed by atoms with E-state index in [2.05, 4.69) is 16.9 Å². The van der Waals surface area contributed by atoms with E-state index in [1.54, 1.807) is 0 Å². The zero-order valence-electron chi connectivity index (χ0n) is 8.13. The highest BCUT2D eigenvalue weighted by atomic mass is 35.5. The number of para-hydroxylation sites is 2. The first kappa shape index (κ1) is 9.53. The number of alkyl halides is 1. The molecule has 0 radical (unpaired) electrons. The highest BCUT2D eigenvalue weighted by molar-refractivity contribution is 6.20. The van der Waals surface area contributed by atoms with Crippen molar-refractivity contribution < 1.29 is 0 Å². The molecule has 74 valence electrons. The molecule has 3 heteroatoms. The van der Waals surface area contributed by atoms with Gasteiger partial charge in [-0.15, -0.1) is 11.6 Å². The van der Waals surface area contributed by atoms with E-state index in [9.17, 15) is 0 Å². The molecule has 0 fully saturated rings. The van der Waals surface area contributed by atoms with Crippen LogP contribution in [0.25, 0.3) is 11.0 Å². The summed E-state index contributed by atoms with van der Waals surface area (Å²) >= 11 is 6.07. The molecule has 0 amide bonds. The number of hydrogen-bond acceptors (Lipinski definition) is 1. The van der Waals surface area contributed by atoms with E-state index in [1.165, 1.54) is 0 Å². The van der Waals surface area contributed by atoms with Gasteiger partial charge in [0, 0.05) is 11.8 Å². The second-order valence-electron chi connectivity index (χ2n) is 3.41. The summed E-state index contributed by atoms with van der Waals surface area (Å²) in [6.45, 7) is 2.08. The number of aromatic nitrogens is 2. The summed E-state index contributed by atoms with van der Waals surface area (Å²) in [5.74, 6) is 0.980. The first-order chi connectivity index (χ1) is 6.79. The number of nitrogens with one attached hydrogen (secondary N) is 1. The number of H-pyrrole nitrogens is 1. The molecule has 1 aromatic heterocycles. The summed E-state index contributed by atoms with van der Waals surface area (Å²) < 4.78 is 0. The minimum absolute atomic E-state index is 0.176.